The summed E-state index contributed by atoms with van der Waals surface area (Å²) in [5.74, 6) is -0.444. The van der Waals surface area contributed by atoms with E-state index in [0.717, 1.165) is 12.5 Å². The molecule has 9 nitrogen and oxygen atoms in total. The number of rotatable bonds is 21. The smallest absolute Gasteiger partial charge is 0.407 e. The summed E-state index contributed by atoms with van der Waals surface area (Å²) in [6.07, 6.45) is 2.81. The van der Waals surface area contributed by atoms with Gasteiger partial charge in [0, 0.05) is 18.7 Å². The maximum absolute atomic E-state index is 11.7. The van der Waals surface area contributed by atoms with Crippen LogP contribution in [0.15, 0.2) is 12.2 Å². The second-order valence-corrected chi connectivity index (χ2v) is 23.0. The van der Waals surface area contributed by atoms with Crippen molar-refractivity contribution in [2.75, 3.05) is 46.2 Å². The molecule has 228 valence electrons. The van der Waals surface area contributed by atoms with Crippen LogP contribution < -0.4 is 5.32 Å². The molecule has 0 bridgehead atoms. The molecule has 0 unspecified atom stereocenters. The number of ether oxygens (including phenoxy) is 4. The van der Waals surface area contributed by atoms with Crippen LogP contribution in [0.3, 0.4) is 0 Å². The van der Waals surface area contributed by atoms with Crippen LogP contribution in [-0.2, 0) is 32.0 Å². The van der Waals surface area contributed by atoms with Gasteiger partial charge in [0.05, 0.1) is 19.8 Å². The highest BCUT2D eigenvalue weighted by Gasteiger charge is 2.39. The normalized spacial score (nSPS) is 11.7. The second-order valence-electron chi connectivity index (χ2n) is 10.5. The molecule has 38 heavy (non-hydrogen) atoms. The van der Waals surface area contributed by atoms with Crippen molar-refractivity contribution < 1.29 is 36.8 Å². The van der Waals surface area contributed by atoms with E-state index in [-0.39, 0.29) is 34.7 Å². The number of alkyl carbamates (subject to hydrolysis) is 1. The number of carbonyl (C=O) groups is 2. The Morgan fingerprint density at radius 1 is 0.737 bits per heavy atom. The van der Waals surface area contributed by atoms with Crippen molar-refractivity contribution in [1.29, 1.82) is 0 Å². The third kappa shape index (κ3) is 24.0. The molecule has 0 aromatic rings. The van der Waals surface area contributed by atoms with E-state index in [1.165, 1.54) is 18.9 Å². The lowest BCUT2D eigenvalue weighted by Crippen LogP contribution is -2.52. The Kier molecular flexibility index (Phi) is 23.7. The number of esters is 1. The molecule has 0 radical (unpaired) electrons. The average molecular weight is 598 g/mol. The van der Waals surface area contributed by atoms with Gasteiger partial charge in [0.15, 0.2) is 16.6 Å². The highest BCUT2D eigenvalue weighted by atomic mass is 28.5. The lowest BCUT2D eigenvalue weighted by Gasteiger charge is -2.38. The molecule has 0 aliphatic carbocycles. The van der Waals surface area contributed by atoms with Crippen molar-refractivity contribution in [3.63, 3.8) is 0 Å². The number of nitrogens with one attached hydrogen (secondary N) is 1. The van der Waals surface area contributed by atoms with Crippen LogP contribution in [0.2, 0.25) is 51.4 Å². The van der Waals surface area contributed by atoms with Gasteiger partial charge in [-0.05, 0) is 64.7 Å². The number of hydrogen-bond donors (Lipinski definition) is 1. The Bertz CT molecular complexity index is 660. The predicted molar refractivity (Wildman–Crippen MR) is 164 cm³/mol. The minimum absolute atomic E-state index is 0. The van der Waals surface area contributed by atoms with Gasteiger partial charge in [-0.15, -0.1) is 0 Å². The Morgan fingerprint density at radius 2 is 1.24 bits per heavy atom. The van der Waals surface area contributed by atoms with Gasteiger partial charge in [-0.25, -0.2) is 9.59 Å². The first-order chi connectivity index (χ1) is 16.7. The Labute approximate surface area is 236 Å². The van der Waals surface area contributed by atoms with Gasteiger partial charge in [0.1, 0.15) is 13.2 Å². The Balaban J connectivity index is -0.00000612. The van der Waals surface area contributed by atoms with Gasteiger partial charge >= 0.3 is 20.6 Å². The summed E-state index contributed by atoms with van der Waals surface area (Å²) in [6, 6.07) is 2.18. The predicted octanol–water partition coefficient (Wildman–Crippen LogP) is 6.47. The summed E-state index contributed by atoms with van der Waals surface area (Å²) < 4.78 is 34.1. The molecule has 0 aliphatic rings. The zero-order chi connectivity index (χ0) is 27.7. The van der Waals surface area contributed by atoms with E-state index in [2.05, 4.69) is 58.1 Å². The van der Waals surface area contributed by atoms with Crippen LogP contribution in [0.1, 0.15) is 48.0 Å². The number of carbonyl (C=O) groups excluding carboxylic acids is 2. The van der Waals surface area contributed by atoms with E-state index in [0.29, 0.717) is 31.9 Å². The molecule has 0 saturated heterocycles. The fourth-order valence-corrected chi connectivity index (χ4v) is 17.9. The molecule has 0 saturated carbocycles. The molecule has 0 fully saturated rings. The van der Waals surface area contributed by atoms with Gasteiger partial charge in [-0.1, -0.05) is 41.2 Å². The summed E-state index contributed by atoms with van der Waals surface area (Å²) >= 11 is 0. The van der Waals surface area contributed by atoms with Crippen LogP contribution in [0.25, 0.3) is 0 Å². The molecular formula is C26H59NO8Si3. The summed E-state index contributed by atoms with van der Waals surface area (Å²) in [4.78, 5) is 22.9. The largest absolute Gasteiger partial charge is 0.460 e. The third-order valence-electron chi connectivity index (χ3n) is 5.03. The van der Waals surface area contributed by atoms with Gasteiger partial charge in [-0.2, -0.15) is 0 Å². The lowest BCUT2D eigenvalue weighted by atomic mass is 10.4. The highest BCUT2D eigenvalue weighted by Crippen LogP contribution is 2.26. The van der Waals surface area contributed by atoms with Crippen LogP contribution in [-0.4, -0.2) is 83.4 Å². The van der Waals surface area contributed by atoms with Crippen molar-refractivity contribution in [2.24, 2.45) is 0 Å². The third-order valence-corrected chi connectivity index (χ3v) is 16.5. The molecule has 0 rings (SSSR count). The molecule has 1 amide bonds. The van der Waals surface area contributed by atoms with Crippen molar-refractivity contribution in [3.8, 4) is 0 Å². The Morgan fingerprint density at radius 3 is 1.76 bits per heavy atom. The van der Waals surface area contributed by atoms with Crippen LogP contribution in [0, 0.1) is 0 Å². The summed E-state index contributed by atoms with van der Waals surface area (Å²) in [7, 11) is -5.70. The zero-order valence-electron chi connectivity index (χ0n) is 24.0. The SMILES string of the molecule is C.C.C=C(C)C(=O)OCCOCCNC(=O)OCCOCCC[Si](C)(C)O[Si](C)(C)O[Si](C)(C)CCCC. The molecule has 0 atom stereocenters. The van der Waals surface area contributed by atoms with Crippen LogP contribution >= 0.6 is 0 Å². The van der Waals surface area contributed by atoms with Gasteiger partial charge in [0.2, 0.25) is 0 Å². The summed E-state index contributed by atoms with van der Waals surface area (Å²) in [5.41, 5.74) is 0.345. The molecule has 1 N–H and O–H groups in total. The van der Waals surface area contributed by atoms with Crippen LogP contribution in [0.4, 0.5) is 4.79 Å². The fourth-order valence-electron chi connectivity index (χ4n) is 3.65. The minimum Gasteiger partial charge on any atom is -0.460 e. The average Bonchev–Trinajstić information content (AvgIpc) is 2.74. The molecule has 12 heteroatoms. The van der Waals surface area contributed by atoms with Gasteiger partial charge in [-0.3, -0.25) is 0 Å². The van der Waals surface area contributed by atoms with Gasteiger partial charge in [0.25, 0.3) is 0 Å². The Hall–Kier alpha value is -1.03. The number of hydrogen-bond acceptors (Lipinski definition) is 8. The first kappa shape index (κ1) is 41.5. The van der Waals surface area contributed by atoms with Crippen molar-refractivity contribution in [1.82, 2.24) is 5.32 Å². The fraction of sp³-hybridized carbons (Fsp3) is 0.846. The molecule has 0 aliphatic heterocycles. The topological polar surface area (TPSA) is 102 Å². The van der Waals surface area contributed by atoms with E-state index in [1.807, 2.05) is 0 Å². The molecule has 0 aromatic carbocycles. The number of unbranched alkanes of at least 4 members (excludes halogenated alkanes) is 1. The summed E-state index contributed by atoms with van der Waals surface area (Å²) in [6.45, 7) is 22.9. The van der Waals surface area contributed by atoms with Gasteiger partial charge < -0.3 is 32.5 Å². The zero-order valence-corrected chi connectivity index (χ0v) is 27.0. The molecule has 0 spiro atoms. The second kappa shape index (κ2) is 21.8. The quantitative estimate of drug-likeness (QED) is 0.0695. The van der Waals surface area contributed by atoms with E-state index in [1.54, 1.807) is 6.92 Å². The standard InChI is InChI=1S/C24H51NO8Si3.2CH4/c1-10-11-20-34(4,5)32-36(8,9)33-35(6,7)21-12-14-28-17-19-31-24(27)25-13-15-29-16-18-30-23(26)22(2)3;;/h2,10-21H2,1,3-9H3,(H,25,27);2*1H4. The maximum atomic E-state index is 11.7. The first-order valence-electron chi connectivity index (χ1n) is 13.0. The monoisotopic (exact) mass is 597 g/mol. The molecular weight excluding hydrogens is 539 g/mol. The highest BCUT2D eigenvalue weighted by molar-refractivity contribution is 6.87. The van der Waals surface area contributed by atoms with E-state index in [4.69, 9.17) is 27.2 Å². The minimum atomic E-state index is -2.16. The van der Waals surface area contributed by atoms with Crippen molar-refractivity contribution in [2.45, 2.75) is 99.3 Å². The summed E-state index contributed by atoms with van der Waals surface area (Å²) in [5, 5.41) is 2.59. The first-order valence-corrected chi connectivity index (χ1v) is 22.0. The lowest BCUT2D eigenvalue weighted by molar-refractivity contribution is -0.140. The van der Waals surface area contributed by atoms with Crippen molar-refractivity contribution in [3.05, 3.63) is 12.2 Å². The number of amides is 1. The van der Waals surface area contributed by atoms with Crippen molar-refractivity contribution >= 4 is 37.3 Å². The molecule has 0 heterocycles. The van der Waals surface area contributed by atoms with Crippen LogP contribution in [0.5, 0.6) is 0 Å². The van der Waals surface area contributed by atoms with E-state index < -0.39 is 37.3 Å². The van der Waals surface area contributed by atoms with E-state index in [9.17, 15) is 9.59 Å². The maximum Gasteiger partial charge on any atom is 0.407 e. The van der Waals surface area contributed by atoms with E-state index >= 15 is 0 Å². The molecule has 0 aromatic heterocycles.